The average molecular weight is 98.1 g/mol. The number of ether oxygens (including phenoxy) is 1. The molecule has 0 saturated carbocycles. The van der Waals surface area contributed by atoms with Crippen molar-refractivity contribution < 1.29 is 4.74 Å². The lowest BCUT2D eigenvalue weighted by molar-refractivity contribution is 0.252. The lowest BCUT2D eigenvalue weighted by atomic mass is 10.5. The minimum Gasteiger partial charge on any atom is -0.499 e. The van der Waals surface area contributed by atoms with Crippen LogP contribution in [0.4, 0.5) is 0 Å². The van der Waals surface area contributed by atoms with E-state index in [1.54, 1.807) is 6.26 Å². The van der Waals surface area contributed by atoms with Gasteiger partial charge in [0.15, 0.2) is 0 Å². The Kier molecular flexibility index (Phi) is 1.61. The third-order valence-electron chi connectivity index (χ3n) is 0.808. The van der Waals surface area contributed by atoms with Crippen LogP contribution >= 0.6 is 0 Å². The van der Waals surface area contributed by atoms with Gasteiger partial charge in [-0.3, -0.25) is 0 Å². The molecule has 7 heavy (non-hydrogen) atoms. The van der Waals surface area contributed by atoms with E-state index in [1.807, 2.05) is 0 Å². The molecule has 0 bridgehead atoms. The van der Waals surface area contributed by atoms with E-state index in [9.17, 15) is 0 Å². The number of hydrogen-bond acceptors (Lipinski definition) is 2. The monoisotopic (exact) mass is 98.1 g/mol. The van der Waals surface area contributed by atoms with Crippen LogP contribution < -0.4 is 5.32 Å². The van der Waals surface area contributed by atoms with Gasteiger partial charge < -0.3 is 10.1 Å². The standard InChI is InChI=1S/C5H8NO/c1-2-6-3-5-7-4-1/h5-6H,1-2,4H2. The first-order valence-electron chi connectivity index (χ1n) is 2.42. The fourth-order valence-electron chi connectivity index (χ4n) is 0.458. The predicted octanol–water partition coefficient (Wildman–Crippen LogP) is 0.271. The molecule has 1 rings (SSSR count). The van der Waals surface area contributed by atoms with E-state index in [-0.39, 0.29) is 0 Å². The number of nitrogens with one attached hydrogen (secondary N) is 1. The molecule has 1 heterocycles. The fraction of sp³-hybridized carbons (Fsp3) is 0.600. The van der Waals surface area contributed by atoms with Gasteiger partial charge >= 0.3 is 0 Å². The van der Waals surface area contributed by atoms with Crippen molar-refractivity contribution >= 4 is 0 Å². The molecule has 1 aliphatic rings. The van der Waals surface area contributed by atoms with Crippen molar-refractivity contribution in [2.24, 2.45) is 0 Å². The summed E-state index contributed by atoms with van der Waals surface area (Å²) in [5.74, 6) is 0. The predicted molar refractivity (Wildman–Crippen MR) is 26.4 cm³/mol. The molecular formula is C5H8NO. The van der Waals surface area contributed by atoms with Crippen LogP contribution in [-0.2, 0) is 4.74 Å². The Morgan fingerprint density at radius 1 is 1.71 bits per heavy atom. The van der Waals surface area contributed by atoms with Crippen molar-refractivity contribution in [1.82, 2.24) is 5.32 Å². The Balaban J connectivity index is 2.20. The third kappa shape index (κ3) is 1.48. The van der Waals surface area contributed by atoms with E-state index in [1.165, 1.54) is 0 Å². The van der Waals surface area contributed by atoms with Crippen LogP contribution in [0.3, 0.4) is 0 Å². The maximum absolute atomic E-state index is 4.90. The first-order chi connectivity index (χ1) is 3.50. The van der Waals surface area contributed by atoms with Gasteiger partial charge in [0, 0.05) is 6.54 Å². The molecule has 0 amide bonds. The third-order valence-corrected chi connectivity index (χ3v) is 0.808. The van der Waals surface area contributed by atoms with Gasteiger partial charge in [0.05, 0.1) is 12.8 Å². The zero-order valence-electron chi connectivity index (χ0n) is 4.11. The second-order valence-corrected chi connectivity index (χ2v) is 1.41. The molecule has 39 valence electrons. The second kappa shape index (κ2) is 2.50. The van der Waals surface area contributed by atoms with E-state index in [0.717, 1.165) is 19.6 Å². The van der Waals surface area contributed by atoms with Gasteiger partial charge in [-0.25, -0.2) is 0 Å². The molecule has 0 aromatic carbocycles. The molecule has 0 unspecified atom stereocenters. The minimum absolute atomic E-state index is 0.819. The highest BCUT2D eigenvalue weighted by Crippen LogP contribution is 1.84. The van der Waals surface area contributed by atoms with Gasteiger partial charge in [-0.1, -0.05) is 0 Å². The smallest absolute Gasteiger partial charge is 0.108 e. The summed E-state index contributed by atoms with van der Waals surface area (Å²) in [6.07, 6.45) is 5.39. The molecule has 1 radical (unpaired) electrons. The Morgan fingerprint density at radius 2 is 2.71 bits per heavy atom. The quantitative estimate of drug-likeness (QED) is 0.469. The van der Waals surface area contributed by atoms with Crippen LogP contribution in [0.15, 0.2) is 6.26 Å². The molecule has 1 N–H and O–H groups in total. The molecule has 2 nitrogen and oxygen atoms in total. The topological polar surface area (TPSA) is 21.3 Å². The summed E-state index contributed by atoms with van der Waals surface area (Å²) in [4.78, 5) is 0. The number of hydrogen-bond donors (Lipinski definition) is 1. The summed E-state index contributed by atoms with van der Waals surface area (Å²) in [5.41, 5.74) is 0. The molecule has 0 aromatic heterocycles. The van der Waals surface area contributed by atoms with Crippen LogP contribution in [-0.4, -0.2) is 13.2 Å². The summed E-state index contributed by atoms with van der Waals surface area (Å²) in [6, 6.07) is 0. The molecular weight excluding hydrogens is 90.1 g/mol. The van der Waals surface area contributed by atoms with Crippen molar-refractivity contribution in [1.29, 1.82) is 0 Å². The first-order valence-corrected chi connectivity index (χ1v) is 2.42. The average Bonchev–Trinajstić information content (AvgIpc) is 1.90. The largest absolute Gasteiger partial charge is 0.499 e. The fourth-order valence-corrected chi connectivity index (χ4v) is 0.458. The highest BCUT2D eigenvalue weighted by molar-refractivity contribution is 4.64. The maximum Gasteiger partial charge on any atom is 0.108 e. The highest BCUT2D eigenvalue weighted by Gasteiger charge is 1.87. The lowest BCUT2D eigenvalue weighted by Gasteiger charge is -1.91. The van der Waals surface area contributed by atoms with Gasteiger partial charge in [-0.05, 0) is 6.42 Å². The van der Waals surface area contributed by atoms with E-state index >= 15 is 0 Å². The molecule has 0 spiro atoms. The Bertz CT molecular complexity index is 62.5. The van der Waals surface area contributed by atoms with Crippen molar-refractivity contribution in [2.75, 3.05) is 13.2 Å². The van der Waals surface area contributed by atoms with Gasteiger partial charge in [0.2, 0.25) is 0 Å². The SMILES string of the molecule is [C]1=COCCCN1. The van der Waals surface area contributed by atoms with Crippen LogP contribution in [0.1, 0.15) is 6.42 Å². The zero-order chi connectivity index (χ0) is 4.95. The maximum atomic E-state index is 4.90. The molecule has 0 saturated heterocycles. The van der Waals surface area contributed by atoms with E-state index < -0.39 is 0 Å². The van der Waals surface area contributed by atoms with Crippen LogP contribution in [0, 0.1) is 6.20 Å². The van der Waals surface area contributed by atoms with Gasteiger partial charge in [-0.15, -0.1) is 0 Å². The van der Waals surface area contributed by atoms with E-state index in [0.29, 0.717) is 0 Å². The normalized spacial score (nSPS) is 19.4. The summed E-state index contributed by atoms with van der Waals surface area (Å²) < 4.78 is 4.90. The van der Waals surface area contributed by atoms with Gasteiger partial charge in [-0.2, -0.15) is 0 Å². The molecule has 1 aliphatic heterocycles. The Morgan fingerprint density at radius 3 is 3.71 bits per heavy atom. The van der Waals surface area contributed by atoms with Crippen LogP contribution in [0.25, 0.3) is 0 Å². The van der Waals surface area contributed by atoms with Crippen LogP contribution in [0.2, 0.25) is 0 Å². The second-order valence-electron chi connectivity index (χ2n) is 1.41. The number of rotatable bonds is 0. The Hall–Kier alpha value is -0.660. The molecule has 0 aromatic rings. The zero-order valence-corrected chi connectivity index (χ0v) is 4.11. The van der Waals surface area contributed by atoms with Gasteiger partial charge in [0.25, 0.3) is 0 Å². The first kappa shape index (κ1) is 4.50. The molecule has 0 aliphatic carbocycles. The van der Waals surface area contributed by atoms with E-state index in [4.69, 9.17) is 4.74 Å². The van der Waals surface area contributed by atoms with Crippen molar-refractivity contribution in [3.05, 3.63) is 12.5 Å². The van der Waals surface area contributed by atoms with Crippen molar-refractivity contribution in [3.8, 4) is 0 Å². The Labute approximate surface area is 43.2 Å². The van der Waals surface area contributed by atoms with E-state index in [2.05, 4.69) is 11.5 Å². The summed E-state index contributed by atoms with van der Waals surface area (Å²) in [6.45, 7) is 1.80. The van der Waals surface area contributed by atoms with Crippen LogP contribution in [0.5, 0.6) is 0 Å². The molecule has 0 atom stereocenters. The molecule has 0 fully saturated rings. The van der Waals surface area contributed by atoms with Crippen molar-refractivity contribution in [3.63, 3.8) is 0 Å². The summed E-state index contributed by atoms with van der Waals surface area (Å²) >= 11 is 0. The highest BCUT2D eigenvalue weighted by atomic mass is 16.5. The summed E-state index contributed by atoms with van der Waals surface area (Å²) in [7, 11) is 0. The van der Waals surface area contributed by atoms with Crippen molar-refractivity contribution in [2.45, 2.75) is 6.42 Å². The molecule has 2 heteroatoms. The minimum atomic E-state index is 0.819. The van der Waals surface area contributed by atoms with Gasteiger partial charge in [0.1, 0.15) is 6.26 Å². The lowest BCUT2D eigenvalue weighted by Crippen LogP contribution is -2.05. The summed E-state index contributed by atoms with van der Waals surface area (Å²) in [5, 5.41) is 2.92.